The summed E-state index contributed by atoms with van der Waals surface area (Å²) in [5.41, 5.74) is 1.17. The monoisotopic (exact) mass is 271 g/mol. The van der Waals surface area contributed by atoms with E-state index in [0.717, 1.165) is 29.8 Å². The normalized spacial score (nSPS) is 14.3. The minimum absolute atomic E-state index is 0.806. The van der Waals surface area contributed by atoms with Gasteiger partial charge >= 0.3 is 0 Å². The summed E-state index contributed by atoms with van der Waals surface area (Å²) in [5.74, 6) is 0.975. The van der Waals surface area contributed by atoms with Gasteiger partial charge in [-0.3, -0.25) is 0 Å². The van der Waals surface area contributed by atoms with Crippen LogP contribution in [0.4, 0.5) is 5.69 Å². The van der Waals surface area contributed by atoms with Crippen molar-refractivity contribution in [3.8, 4) is 5.75 Å². The SMILES string of the molecule is CC.CN1CCCOc2c(Br)cccc21. The van der Waals surface area contributed by atoms with Crippen molar-refractivity contribution in [2.45, 2.75) is 20.3 Å². The molecular weight excluding hydrogens is 254 g/mol. The molecule has 15 heavy (non-hydrogen) atoms. The Hall–Kier alpha value is -0.700. The van der Waals surface area contributed by atoms with Crippen molar-refractivity contribution in [1.82, 2.24) is 0 Å². The molecule has 2 rings (SSSR count). The third-order valence-electron chi connectivity index (χ3n) is 2.24. The topological polar surface area (TPSA) is 12.5 Å². The Morgan fingerprint density at radius 2 is 2.07 bits per heavy atom. The van der Waals surface area contributed by atoms with Crippen LogP contribution in [0.25, 0.3) is 0 Å². The number of halogens is 1. The summed E-state index contributed by atoms with van der Waals surface area (Å²) in [6.45, 7) is 5.86. The van der Waals surface area contributed by atoms with Gasteiger partial charge < -0.3 is 9.64 Å². The van der Waals surface area contributed by atoms with E-state index < -0.39 is 0 Å². The second kappa shape index (κ2) is 6.01. The van der Waals surface area contributed by atoms with Crippen molar-refractivity contribution < 1.29 is 4.74 Å². The highest BCUT2D eigenvalue weighted by atomic mass is 79.9. The summed E-state index contributed by atoms with van der Waals surface area (Å²) in [7, 11) is 2.10. The number of rotatable bonds is 0. The lowest BCUT2D eigenvalue weighted by molar-refractivity contribution is 0.320. The molecule has 1 aliphatic heterocycles. The molecule has 0 radical (unpaired) electrons. The van der Waals surface area contributed by atoms with Crippen LogP contribution in [0.5, 0.6) is 5.75 Å². The van der Waals surface area contributed by atoms with Gasteiger partial charge in [-0.25, -0.2) is 0 Å². The van der Waals surface area contributed by atoms with Crippen molar-refractivity contribution >= 4 is 21.6 Å². The van der Waals surface area contributed by atoms with E-state index >= 15 is 0 Å². The number of nitrogens with zero attached hydrogens (tertiary/aromatic N) is 1. The molecule has 0 aliphatic carbocycles. The fourth-order valence-corrected chi connectivity index (χ4v) is 2.01. The second-order valence-electron chi connectivity index (χ2n) is 3.21. The molecule has 0 saturated heterocycles. The summed E-state index contributed by atoms with van der Waals surface area (Å²) in [5, 5.41) is 0. The molecule has 0 N–H and O–H groups in total. The first-order valence-corrected chi connectivity index (χ1v) is 6.21. The molecule has 0 bridgehead atoms. The summed E-state index contributed by atoms with van der Waals surface area (Å²) in [4.78, 5) is 2.23. The molecule has 0 fully saturated rings. The van der Waals surface area contributed by atoms with Gasteiger partial charge in [0.25, 0.3) is 0 Å². The minimum Gasteiger partial charge on any atom is -0.490 e. The molecule has 0 amide bonds. The third kappa shape index (κ3) is 2.88. The molecule has 0 unspecified atom stereocenters. The van der Waals surface area contributed by atoms with Gasteiger partial charge in [-0.15, -0.1) is 0 Å². The van der Waals surface area contributed by atoms with Crippen LogP contribution < -0.4 is 9.64 Å². The van der Waals surface area contributed by atoms with Gasteiger partial charge in [0.05, 0.1) is 16.8 Å². The number of hydrogen-bond donors (Lipinski definition) is 0. The molecule has 3 heteroatoms. The van der Waals surface area contributed by atoms with E-state index in [9.17, 15) is 0 Å². The van der Waals surface area contributed by atoms with E-state index in [-0.39, 0.29) is 0 Å². The van der Waals surface area contributed by atoms with Crippen LogP contribution in [-0.2, 0) is 0 Å². The predicted molar refractivity (Wildman–Crippen MR) is 68.9 cm³/mol. The Balaban J connectivity index is 0.000000531. The highest BCUT2D eigenvalue weighted by Gasteiger charge is 2.14. The number of anilines is 1. The van der Waals surface area contributed by atoms with Crippen LogP contribution in [0.2, 0.25) is 0 Å². The third-order valence-corrected chi connectivity index (χ3v) is 2.87. The minimum atomic E-state index is 0.806. The van der Waals surface area contributed by atoms with E-state index in [2.05, 4.69) is 33.9 Å². The van der Waals surface area contributed by atoms with Crippen LogP contribution >= 0.6 is 15.9 Å². The van der Waals surface area contributed by atoms with Crippen molar-refractivity contribution in [2.24, 2.45) is 0 Å². The lowest BCUT2D eigenvalue weighted by Crippen LogP contribution is -2.17. The number of fused-ring (bicyclic) bond motifs is 1. The molecule has 2 nitrogen and oxygen atoms in total. The predicted octanol–water partition coefficient (Wildman–Crippen LogP) is 3.69. The average Bonchev–Trinajstić information content (AvgIpc) is 2.46. The summed E-state index contributed by atoms with van der Waals surface area (Å²) in [6, 6.07) is 6.14. The summed E-state index contributed by atoms with van der Waals surface area (Å²) < 4.78 is 6.70. The summed E-state index contributed by atoms with van der Waals surface area (Å²) >= 11 is 3.49. The molecule has 1 aromatic carbocycles. The van der Waals surface area contributed by atoms with Crippen molar-refractivity contribution in [3.63, 3.8) is 0 Å². The lowest BCUT2D eigenvalue weighted by Gasteiger charge is -2.18. The van der Waals surface area contributed by atoms with Crippen LogP contribution in [0, 0.1) is 0 Å². The van der Waals surface area contributed by atoms with Gasteiger partial charge in [-0.1, -0.05) is 19.9 Å². The van der Waals surface area contributed by atoms with Crippen LogP contribution in [0.3, 0.4) is 0 Å². The second-order valence-corrected chi connectivity index (χ2v) is 4.07. The first kappa shape index (κ1) is 12.4. The largest absolute Gasteiger partial charge is 0.490 e. The van der Waals surface area contributed by atoms with Crippen molar-refractivity contribution in [3.05, 3.63) is 22.7 Å². The standard InChI is InChI=1S/C10H12BrNO.C2H6/c1-12-6-3-7-13-10-8(11)4-2-5-9(10)12;1-2/h2,4-5H,3,6-7H2,1H3;1-2H3. The smallest absolute Gasteiger partial charge is 0.156 e. The van der Waals surface area contributed by atoms with Crippen molar-refractivity contribution in [1.29, 1.82) is 0 Å². The zero-order chi connectivity index (χ0) is 11.3. The van der Waals surface area contributed by atoms with Gasteiger partial charge in [-0.05, 0) is 34.5 Å². The van der Waals surface area contributed by atoms with E-state index in [1.54, 1.807) is 0 Å². The number of ether oxygens (including phenoxy) is 1. The maximum absolute atomic E-state index is 5.66. The molecule has 0 atom stereocenters. The Labute approximate surface area is 100 Å². The van der Waals surface area contributed by atoms with Gasteiger partial charge in [-0.2, -0.15) is 0 Å². The highest BCUT2D eigenvalue weighted by molar-refractivity contribution is 9.10. The van der Waals surface area contributed by atoms with Gasteiger partial charge in [0.15, 0.2) is 5.75 Å². The average molecular weight is 272 g/mol. The Bertz CT molecular complexity index is 314. The molecule has 1 aliphatic rings. The fraction of sp³-hybridized carbons (Fsp3) is 0.500. The number of benzene rings is 1. The van der Waals surface area contributed by atoms with E-state index in [0.29, 0.717) is 0 Å². The van der Waals surface area contributed by atoms with Gasteiger partial charge in [0, 0.05) is 13.6 Å². The highest BCUT2D eigenvalue weighted by Crippen LogP contribution is 2.36. The molecular formula is C12H18BrNO. The van der Waals surface area contributed by atoms with Gasteiger partial charge in [0.2, 0.25) is 0 Å². The quantitative estimate of drug-likeness (QED) is 0.714. The zero-order valence-electron chi connectivity index (χ0n) is 9.59. The Morgan fingerprint density at radius 1 is 1.33 bits per heavy atom. The van der Waals surface area contributed by atoms with E-state index in [1.807, 2.05) is 26.0 Å². The molecule has 1 aromatic rings. The first-order valence-electron chi connectivity index (χ1n) is 5.41. The molecule has 0 saturated carbocycles. The van der Waals surface area contributed by atoms with Crippen LogP contribution in [0.1, 0.15) is 20.3 Å². The first-order chi connectivity index (χ1) is 7.29. The number of para-hydroxylation sites is 1. The molecule has 84 valence electrons. The van der Waals surface area contributed by atoms with Gasteiger partial charge in [0.1, 0.15) is 0 Å². The molecule has 0 aromatic heterocycles. The van der Waals surface area contributed by atoms with E-state index in [4.69, 9.17) is 4.74 Å². The maximum Gasteiger partial charge on any atom is 0.156 e. The van der Waals surface area contributed by atoms with Crippen LogP contribution in [0.15, 0.2) is 22.7 Å². The van der Waals surface area contributed by atoms with Crippen LogP contribution in [-0.4, -0.2) is 20.2 Å². The van der Waals surface area contributed by atoms with E-state index in [1.165, 1.54) is 5.69 Å². The lowest BCUT2D eigenvalue weighted by atomic mass is 10.3. The molecule has 1 heterocycles. The Kier molecular flexibility index (Phi) is 4.95. The summed E-state index contributed by atoms with van der Waals surface area (Å²) in [6.07, 6.45) is 1.08. The molecule has 0 spiro atoms. The maximum atomic E-state index is 5.66. The zero-order valence-corrected chi connectivity index (χ0v) is 11.2. The number of hydrogen-bond acceptors (Lipinski definition) is 2. The van der Waals surface area contributed by atoms with Crippen molar-refractivity contribution in [2.75, 3.05) is 25.1 Å². The fourth-order valence-electron chi connectivity index (χ4n) is 1.54. The Morgan fingerprint density at radius 3 is 2.80 bits per heavy atom.